The molecule has 1 amide bonds. The Morgan fingerprint density at radius 2 is 1.53 bits per heavy atom. The molecule has 0 aliphatic heterocycles. The standard InChI is InChI=1S/C27H24Cl2N4O/c1-25(2)26(3)10-11-27(25,23-22(26)30-19-14-16(28)17(29)15-20(19)31-23)24(34)32-18-8-4-5-9-21(18)33-12-6-7-13-33/h4-9,12-15H,10-11H2,1-3H3,(H,32,34). The smallest absolute Gasteiger partial charge is 0.237 e. The van der Waals surface area contributed by atoms with Gasteiger partial charge in [-0.25, -0.2) is 9.97 Å². The summed E-state index contributed by atoms with van der Waals surface area (Å²) in [5, 5.41) is 4.14. The first kappa shape index (κ1) is 21.6. The van der Waals surface area contributed by atoms with Crippen LogP contribution in [0.2, 0.25) is 10.0 Å². The molecule has 172 valence electrons. The van der Waals surface area contributed by atoms with Gasteiger partial charge in [0.05, 0.1) is 49.3 Å². The number of rotatable bonds is 3. The van der Waals surface area contributed by atoms with Gasteiger partial charge in [-0.2, -0.15) is 0 Å². The van der Waals surface area contributed by atoms with Gasteiger partial charge in [0.1, 0.15) is 0 Å². The molecule has 1 N–H and O–H groups in total. The van der Waals surface area contributed by atoms with Crippen LogP contribution < -0.4 is 5.32 Å². The van der Waals surface area contributed by atoms with Gasteiger partial charge in [0.25, 0.3) is 0 Å². The first-order chi connectivity index (χ1) is 16.2. The Bertz CT molecular complexity index is 1480. The maximum absolute atomic E-state index is 14.3. The SMILES string of the molecule is CC12CCC(C(=O)Nc3ccccc3-n3cccc3)(c3nc4cc(Cl)c(Cl)cc4nc31)C2(C)C. The van der Waals surface area contributed by atoms with E-state index in [0.29, 0.717) is 27.5 Å². The molecule has 2 bridgehead atoms. The van der Waals surface area contributed by atoms with Crippen LogP contribution in [0.5, 0.6) is 0 Å². The molecule has 2 aromatic carbocycles. The van der Waals surface area contributed by atoms with Crippen LogP contribution in [0.1, 0.15) is 45.0 Å². The van der Waals surface area contributed by atoms with E-state index < -0.39 is 5.41 Å². The average molecular weight is 491 g/mol. The van der Waals surface area contributed by atoms with Crippen LogP contribution in [0, 0.1) is 5.41 Å². The number of nitrogens with one attached hydrogen (secondary N) is 1. The molecule has 7 heteroatoms. The number of carbonyl (C=O) groups excluding carboxylic acids is 1. The van der Waals surface area contributed by atoms with Crippen LogP contribution in [-0.4, -0.2) is 20.4 Å². The van der Waals surface area contributed by atoms with E-state index in [2.05, 4.69) is 26.1 Å². The molecule has 2 atom stereocenters. The van der Waals surface area contributed by atoms with Gasteiger partial charge in [-0.1, -0.05) is 56.1 Å². The maximum Gasteiger partial charge on any atom is 0.237 e. The Morgan fingerprint density at radius 3 is 2.21 bits per heavy atom. The van der Waals surface area contributed by atoms with Gasteiger partial charge in [0, 0.05) is 17.8 Å². The zero-order valence-corrected chi connectivity index (χ0v) is 20.7. The van der Waals surface area contributed by atoms with Crippen molar-refractivity contribution in [2.24, 2.45) is 5.41 Å². The summed E-state index contributed by atoms with van der Waals surface area (Å²) in [5.41, 5.74) is 3.20. The van der Waals surface area contributed by atoms with E-state index >= 15 is 0 Å². The van der Waals surface area contributed by atoms with Crippen LogP contribution in [0.25, 0.3) is 16.7 Å². The summed E-state index contributed by atoms with van der Waals surface area (Å²) in [6.07, 6.45) is 5.51. The van der Waals surface area contributed by atoms with E-state index in [1.807, 2.05) is 53.4 Å². The fraction of sp³-hybridized carbons (Fsp3) is 0.296. The molecule has 0 radical (unpaired) electrons. The average Bonchev–Trinajstić information content (AvgIpc) is 3.44. The third-order valence-electron chi connectivity index (χ3n) is 8.50. The van der Waals surface area contributed by atoms with E-state index in [-0.39, 0.29) is 16.7 Å². The number of aromatic nitrogens is 3. The van der Waals surface area contributed by atoms with Gasteiger partial charge in [0.15, 0.2) is 0 Å². The molecule has 6 rings (SSSR count). The number of hydrogen-bond donors (Lipinski definition) is 1. The van der Waals surface area contributed by atoms with Crippen molar-refractivity contribution in [1.82, 2.24) is 14.5 Å². The highest BCUT2D eigenvalue weighted by Crippen LogP contribution is 2.70. The summed E-state index contributed by atoms with van der Waals surface area (Å²) in [7, 11) is 0. The van der Waals surface area contributed by atoms with E-state index in [4.69, 9.17) is 33.2 Å². The lowest BCUT2D eigenvalue weighted by molar-refractivity contribution is -0.125. The number of benzene rings is 2. The third kappa shape index (κ3) is 2.60. The fourth-order valence-corrected chi connectivity index (χ4v) is 6.45. The van der Waals surface area contributed by atoms with Crippen LogP contribution in [0.4, 0.5) is 5.69 Å². The highest BCUT2D eigenvalue weighted by atomic mass is 35.5. The topological polar surface area (TPSA) is 59.8 Å². The minimum Gasteiger partial charge on any atom is -0.323 e. The maximum atomic E-state index is 14.3. The monoisotopic (exact) mass is 490 g/mol. The number of anilines is 1. The first-order valence-corrected chi connectivity index (χ1v) is 12.2. The molecule has 2 heterocycles. The molecule has 2 aliphatic carbocycles. The number of fused-ring (bicyclic) bond motifs is 6. The summed E-state index contributed by atoms with van der Waals surface area (Å²) in [5.74, 6) is -0.0479. The van der Waals surface area contributed by atoms with Crippen LogP contribution in [-0.2, 0) is 15.6 Å². The molecule has 1 fully saturated rings. The molecule has 2 aromatic heterocycles. The van der Waals surface area contributed by atoms with Crippen molar-refractivity contribution in [3.8, 4) is 5.69 Å². The molecular formula is C27H24Cl2N4O. The molecule has 5 nitrogen and oxygen atoms in total. The van der Waals surface area contributed by atoms with Gasteiger partial charge in [0.2, 0.25) is 5.91 Å². The van der Waals surface area contributed by atoms with E-state index in [1.165, 1.54) is 0 Å². The molecule has 4 aromatic rings. The van der Waals surface area contributed by atoms with E-state index in [9.17, 15) is 4.79 Å². The van der Waals surface area contributed by atoms with Crippen molar-refractivity contribution in [3.05, 3.63) is 82.4 Å². The summed E-state index contributed by atoms with van der Waals surface area (Å²) in [6, 6.07) is 15.3. The second kappa shape index (κ2) is 7.06. The van der Waals surface area contributed by atoms with Crippen molar-refractivity contribution >= 4 is 45.8 Å². The summed E-state index contributed by atoms with van der Waals surface area (Å²) in [6.45, 7) is 6.55. The number of nitrogens with zero attached hydrogens (tertiary/aromatic N) is 3. The lowest BCUT2D eigenvalue weighted by Gasteiger charge is -2.39. The van der Waals surface area contributed by atoms with Gasteiger partial charge in [-0.05, 0) is 54.7 Å². The van der Waals surface area contributed by atoms with Crippen molar-refractivity contribution in [2.75, 3.05) is 5.32 Å². The molecule has 0 spiro atoms. The van der Waals surface area contributed by atoms with Crippen LogP contribution in [0.15, 0.2) is 60.9 Å². The predicted octanol–water partition coefficient (Wildman–Crippen LogP) is 6.70. The quantitative estimate of drug-likeness (QED) is 0.347. The minimum absolute atomic E-state index is 0.0479. The van der Waals surface area contributed by atoms with Crippen molar-refractivity contribution in [3.63, 3.8) is 0 Å². The molecule has 2 unspecified atom stereocenters. The highest BCUT2D eigenvalue weighted by Gasteiger charge is 2.73. The van der Waals surface area contributed by atoms with Crippen molar-refractivity contribution in [2.45, 2.75) is 44.4 Å². The Kier molecular flexibility index (Phi) is 4.49. The van der Waals surface area contributed by atoms with Gasteiger partial charge < -0.3 is 9.88 Å². The van der Waals surface area contributed by atoms with Crippen LogP contribution >= 0.6 is 23.2 Å². The number of carbonyl (C=O) groups is 1. The number of para-hydroxylation sites is 2. The van der Waals surface area contributed by atoms with Crippen molar-refractivity contribution < 1.29 is 4.79 Å². The number of hydrogen-bond acceptors (Lipinski definition) is 3. The Labute approximate surface area is 208 Å². The Hall–Kier alpha value is -2.89. The van der Waals surface area contributed by atoms with Crippen LogP contribution in [0.3, 0.4) is 0 Å². The molecular weight excluding hydrogens is 467 g/mol. The third-order valence-corrected chi connectivity index (χ3v) is 9.22. The van der Waals surface area contributed by atoms with Gasteiger partial charge in [-0.3, -0.25) is 4.79 Å². The lowest BCUT2D eigenvalue weighted by atomic mass is 9.63. The molecule has 2 aliphatic rings. The summed E-state index contributed by atoms with van der Waals surface area (Å²) >= 11 is 12.6. The largest absolute Gasteiger partial charge is 0.323 e. The van der Waals surface area contributed by atoms with E-state index in [0.717, 1.165) is 29.2 Å². The van der Waals surface area contributed by atoms with E-state index in [1.54, 1.807) is 12.1 Å². The zero-order valence-electron chi connectivity index (χ0n) is 19.2. The second-order valence-electron chi connectivity index (χ2n) is 10.1. The zero-order chi connectivity index (χ0) is 23.9. The highest BCUT2D eigenvalue weighted by molar-refractivity contribution is 6.42. The number of amides is 1. The molecule has 1 saturated carbocycles. The minimum atomic E-state index is -0.811. The predicted molar refractivity (Wildman–Crippen MR) is 136 cm³/mol. The normalized spacial score (nSPS) is 24.4. The van der Waals surface area contributed by atoms with Gasteiger partial charge >= 0.3 is 0 Å². The Morgan fingerprint density at radius 1 is 0.912 bits per heavy atom. The fourth-order valence-electron chi connectivity index (χ4n) is 6.13. The molecule has 0 saturated heterocycles. The first-order valence-electron chi connectivity index (χ1n) is 11.4. The molecule has 34 heavy (non-hydrogen) atoms. The lowest BCUT2D eigenvalue weighted by Crippen LogP contribution is -2.48. The van der Waals surface area contributed by atoms with Crippen molar-refractivity contribution in [1.29, 1.82) is 0 Å². The second-order valence-corrected chi connectivity index (χ2v) is 10.9. The number of halogens is 2. The summed E-state index contributed by atoms with van der Waals surface area (Å²) in [4.78, 5) is 24.3. The van der Waals surface area contributed by atoms with Gasteiger partial charge in [-0.15, -0.1) is 0 Å². The Balaban J connectivity index is 1.52. The summed E-state index contributed by atoms with van der Waals surface area (Å²) < 4.78 is 2.00.